The largest absolute Gasteiger partial charge is 0.385 e. The summed E-state index contributed by atoms with van der Waals surface area (Å²) in [6.45, 7) is 8.42. The van der Waals surface area contributed by atoms with Crippen LogP contribution in [0.25, 0.3) is 0 Å². The van der Waals surface area contributed by atoms with Gasteiger partial charge in [-0.3, -0.25) is 0 Å². The van der Waals surface area contributed by atoms with Gasteiger partial charge in [-0.05, 0) is 62.7 Å². The average Bonchev–Trinajstić information content (AvgIpc) is 2.53. The second kappa shape index (κ2) is 8.82. The molecule has 23 heavy (non-hydrogen) atoms. The van der Waals surface area contributed by atoms with Crippen LogP contribution in [0, 0.1) is 11.3 Å². The summed E-state index contributed by atoms with van der Waals surface area (Å²) in [6, 6.07) is 0.751. The lowest BCUT2D eigenvalue weighted by atomic mass is 9.72. The van der Waals surface area contributed by atoms with Gasteiger partial charge in [0.2, 0.25) is 0 Å². The highest BCUT2D eigenvalue weighted by Gasteiger charge is 2.30. The molecule has 0 aromatic carbocycles. The predicted molar refractivity (Wildman–Crippen MR) is 95.8 cm³/mol. The summed E-state index contributed by atoms with van der Waals surface area (Å²) in [6.07, 6.45) is 11.7. The highest BCUT2D eigenvalue weighted by atomic mass is 16.5. The molecule has 0 bridgehead atoms. The van der Waals surface area contributed by atoms with E-state index in [0.717, 1.165) is 18.5 Å². The molecule has 2 N–H and O–H groups in total. The van der Waals surface area contributed by atoms with Crippen molar-refractivity contribution in [2.24, 2.45) is 11.3 Å². The number of likely N-dealkylation sites (N-methyl/N-ethyl adjacent to an activating group) is 1. The van der Waals surface area contributed by atoms with E-state index in [1.807, 2.05) is 0 Å². The number of nitrogens with one attached hydrogen (secondary N) is 1. The number of ether oxygens (including phenoxy) is 1. The van der Waals surface area contributed by atoms with Crippen LogP contribution in [0.15, 0.2) is 0 Å². The number of aliphatic hydroxyl groups excluding tert-OH is 1. The van der Waals surface area contributed by atoms with Gasteiger partial charge in [-0.15, -0.1) is 0 Å². The average molecular weight is 327 g/mol. The van der Waals surface area contributed by atoms with Crippen molar-refractivity contribution in [2.45, 2.75) is 96.8 Å². The third kappa shape index (κ3) is 6.36. The maximum Gasteiger partial charge on any atom is 0.126 e. The van der Waals surface area contributed by atoms with E-state index in [2.05, 4.69) is 27.8 Å². The van der Waals surface area contributed by atoms with Crippen molar-refractivity contribution in [1.29, 1.82) is 0 Å². The van der Waals surface area contributed by atoms with Crippen LogP contribution in [0.4, 0.5) is 0 Å². The van der Waals surface area contributed by atoms with E-state index in [-0.39, 0.29) is 6.10 Å². The van der Waals surface area contributed by atoms with Crippen LogP contribution in [0.3, 0.4) is 0 Å². The molecule has 3 heteroatoms. The lowest BCUT2D eigenvalue weighted by Crippen LogP contribution is -3.14. The van der Waals surface area contributed by atoms with Crippen molar-refractivity contribution in [3.63, 3.8) is 0 Å². The van der Waals surface area contributed by atoms with Gasteiger partial charge in [-0.2, -0.15) is 0 Å². The van der Waals surface area contributed by atoms with E-state index in [9.17, 15) is 5.11 Å². The summed E-state index contributed by atoms with van der Waals surface area (Å²) >= 11 is 0. The molecule has 0 aliphatic heterocycles. The number of rotatable bonds is 6. The van der Waals surface area contributed by atoms with E-state index in [1.54, 1.807) is 0 Å². The molecular weight excluding hydrogens is 286 g/mol. The van der Waals surface area contributed by atoms with Gasteiger partial charge in [0.1, 0.15) is 12.6 Å². The lowest BCUT2D eigenvalue weighted by Gasteiger charge is -2.37. The Morgan fingerprint density at radius 1 is 1.00 bits per heavy atom. The standard InChI is InChI=1S/C20H39NO2/c1-20(2,3)16-10-12-19(13-11-16)23-15-18(22)14-21(4)17-8-6-5-7-9-17/h16-19,22H,5-15H2,1-4H3/p+1/t16?,18-,19?/m1/s1. The Bertz CT molecular complexity index is 325. The second-order valence-corrected chi connectivity index (χ2v) is 9.21. The molecule has 2 fully saturated rings. The molecule has 0 saturated heterocycles. The Morgan fingerprint density at radius 2 is 1.61 bits per heavy atom. The van der Waals surface area contributed by atoms with Gasteiger partial charge in [-0.25, -0.2) is 0 Å². The molecule has 3 nitrogen and oxygen atoms in total. The Balaban J connectivity index is 1.62. The molecule has 2 rings (SSSR count). The SMILES string of the molecule is C[NH+](C[C@@H](O)COC1CCC(C(C)(C)C)CC1)C1CCCCC1. The molecule has 0 heterocycles. The molecule has 0 radical (unpaired) electrons. The van der Waals surface area contributed by atoms with Gasteiger partial charge in [0.25, 0.3) is 0 Å². The highest BCUT2D eigenvalue weighted by Crippen LogP contribution is 2.38. The number of hydrogen-bond donors (Lipinski definition) is 2. The van der Waals surface area contributed by atoms with Gasteiger partial charge in [-0.1, -0.05) is 27.2 Å². The van der Waals surface area contributed by atoms with E-state index < -0.39 is 0 Å². The summed E-state index contributed by atoms with van der Waals surface area (Å²) in [4.78, 5) is 1.50. The molecule has 0 amide bonds. The molecule has 0 aromatic rings. The van der Waals surface area contributed by atoms with Crippen molar-refractivity contribution < 1.29 is 14.7 Å². The molecule has 0 aromatic heterocycles. The van der Waals surface area contributed by atoms with E-state index in [0.29, 0.717) is 18.1 Å². The summed E-state index contributed by atoms with van der Waals surface area (Å²) in [5.74, 6) is 0.828. The molecule has 2 saturated carbocycles. The summed E-state index contributed by atoms with van der Waals surface area (Å²) in [5.41, 5.74) is 0.427. The predicted octanol–water partition coefficient (Wildman–Crippen LogP) is 2.82. The van der Waals surface area contributed by atoms with E-state index >= 15 is 0 Å². The van der Waals surface area contributed by atoms with Gasteiger partial charge in [0.05, 0.1) is 25.8 Å². The van der Waals surface area contributed by atoms with Crippen LogP contribution in [0.5, 0.6) is 0 Å². The third-order valence-corrected chi connectivity index (χ3v) is 6.28. The molecule has 1 unspecified atom stereocenters. The molecule has 2 aliphatic rings. The maximum atomic E-state index is 10.3. The fourth-order valence-electron chi connectivity index (χ4n) is 4.54. The quantitative estimate of drug-likeness (QED) is 0.787. The van der Waals surface area contributed by atoms with Crippen molar-refractivity contribution >= 4 is 0 Å². The zero-order valence-electron chi connectivity index (χ0n) is 15.9. The molecule has 0 spiro atoms. The van der Waals surface area contributed by atoms with Crippen molar-refractivity contribution in [1.82, 2.24) is 0 Å². The van der Waals surface area contributed by atoms with Gasteiger partial charge in [0, 0.05) is 0 Å². The first kappa shape index (κ1) is 19.2. The minimum Gasteiger partial charge on any atom is -0.385 e. The first-order valence-corrected chi connectivity index (χ1v) is 9.98. The number of quaternary nitrogens is 1. The normalized spacial score (nSPS) is 30.1. The zero-order chi connectivity index (χ0) is 16.9. The molecule has 2 aliphatic carbocycles. The van der Waals surface area contributed by atoms with Crippen molar-refractivity contribution in [2.75, 3.05) is 20.2 Å². The summed E-state index contributed by atoms with van der Waals surface area (Å²) < 4.78 is 6.03. The fourth-order valence-corrected chi connectivity index (χ4v) is 4.54. The highest BCUT2D eigenvalue weighted by molar-refractivity contribution is 4.81. The van der Waals surface area contributed by atoms with Crippen molar-refractivity contribution in [3.8, 4) is 0 Å². The summed E-state index contributed by atoms with van der Waals surface area (Å²) in [5, 5.41) is 10.3. The molecular formula is C20H40NO2+. The van der Waals surface area contributed by atoms with Crippen LogP contribution >= 0.6 is 0 Å². The van der Waals surface area contributed by atoms with Crippen molar-refractivity contribution in [3.05, 3.63) is 0 Å². The summed E-state index contributed by atoms with van der Waals surface area (Å²) in [7, 11) is 2.24. The Kier molecular flexibility index (Phi) is 7.37. The van der Waals surface area contributed by atoms with Gasteiger partial charge >= 0.3 is 0 Å². The Hall–Kier alpha value is -0.120. The fraction of sp³-hybridized carbons (Fsp3) is 1.00. The van der Waals surface area contributed by atoms with Crippen LogP contribution < -0.4 is 4.90 Å². The topological polar surface area (TPSA) is 33.9 Å². The Morgan fingerprint density at radius 3 is 2.17 bits per heavy atom. The van der Waals surface area contributed by atoms with E-state index in [4.69, 9.17) is 4.74 Å². The first-order chi connectivity index (χ1) is 10.9. The van der Waals surface area contributed by atoms with Crippen LogP contribution in [0.1, 0.15) is 78.6 Å². The van der Waals surface area contributed by atoms with Crippen LogP contribution in [0.2, 0.25) is 0 Å². The maximum absolute atomic E-state index is 10.3. The minimum absolute atomic E-state index is 0.308. The lowest BCUT2D eigenvalue weighted by molar-refractivity contribution is -0.910. The van der Waals surface area contributed by atoms with Crippen LogP contribution in [-0.2, 0) is 4.74 Å². The first-order valence-electron chi connectivity index (χ1n) is 9.98. The second-order valence-electron chi connectivity index (χ2n) is 9.21. The van der Waals surface area contributed by atoms with E-state index in [1.165, 1.54) is 62.7 Å². The monoisotopic (exact) mass is 326 g/mol. The third-order valence-electron chi connectivity index (χ3n) is 6.28. The molecule has 2 atom stereocenters. The Labute approximate surface area is 143 Å². The number of aliphatic hydroxyl groups is 1. The van der Waals surface area contributed by atoms with Gasteiger partial charge < -0.3 is 14.7 Å². The smallest absolute Gasteiger partial charge is 0.126 e. The molecule has 136 valence electrons. The minimum atomic E-state index is -0.308. The van der Waals surface area contributed by atoms with Gasteiger partial charge in [0.15, 0.2) is 0 Å². The zero-order valence-corrected chi connectivity index (χ0v) is 15.9. The van der Waals surface area contributed by atoms with Crippen LogP contribution in [-0.4, -0.2) is 43.6 Å². The number of hydrogen-bond acceptors (Lipinski definition) is 2.